The van der Waals surface area contributed by atoms with Gasteiger partial charge < -0.3 is 10.1 Å². The van der Waals surface area contributed by atoms with E-state index in [1.54, 1.807) is 18.9 Å². The second kappa shape index (κ2) is 6.95. The summed E-state index contributed by atoms with van der Waals surface area (Å²) in [6.07, 6.45) is 0. The molecule has 0 bridgehead atoms. The molecule has 0 aliphatic carbocycles. The number of rotatable bonds is 4. The van der Waals surface area contributed by atoms with Crippen LogP contribution in [0.3, 0.4) is 0 Å². The van der Waals surface area contributed by atoms with Gasteiger partial charge in [0, 0.05) is 23.8 Å². The first-order valence-electron chi connectivity index (χ1n) is 5.89. The minimum Gasteiger partial charge on any atom is -0.497 e. The third-order valence-corrected chi connectivity index (χ3v) is 5.49. The largest absolute Gasteiger partial charge is 0.497 e. The van der Waals surface area contributed by atoms with Crippen LogP contribution in [0.2, 0.25) is 0 Å². The van der Waals surface area contributed by atoms with Crippen molar-refractivity contribution in [2.75, 3.05) is 24.4 Å². The number of benzene rings is 1. The molecule has 0 spiro atoms. The molecule has 98 valence electrons. The van der Waals surface area contributed by atoms with Crippen LogP contribution in [0.15, 0.2) is 24.3 Å². The zero-order chi connectivity index (χ0) is 12.8. The van der Waals surface area contributed by atoms with Crippen molar-refractivity contribution in [1.29, 1.82) is 0 Å². The van der Waals surface area contributed by atoms with Crippen LogP contribution in [-0.2, 0) is 11.3 Å². The van der Waals surface area contributed by atoms with Crippen LogP contribution >= 0.6 is 23.5 Å². The lowest BCUT2D eigenvalue weighted by Crippen LogP contribution is -2.35. The van der Waals surface area contributed by atoms with E-state index in [1.807, 2.05) is 36.0 Å². The second-order valence-electron chi connectivity index (χ2n) is 4.00. The SMILES string of the molecule is COc1ccc(CNC(=O)[C@H]2CSCCS2)cc1. The smallest absolute Gasteiger partial charge is 0.234 e. The number of carbonyl (C=O) groups excluding carboxylic acids is 1. The molecule has 5 heteroatoms. The maximum atomic E-state index is 11.9. The minimum atomic E-state index is 0.113. The fourth-order valence-electron chi connectivity index (χ4n) is 1.69. The van der Waals surface area contributed by atoms with Gasteiger partial charge in [-0.05, 0) is 17.7 Å². The Kier molecular flexibility index (Phi) is 5.26. The van der Waals surface area contributed by atoms with Gasteiger partial charge in [-0.25, -0.2) is 0 Å². The van der Waals surface area contributed by atoms with Crippen LogP contribution in [0.1, 0.15) is 5.56 Å². The van der Waals surface area contributed by atoms with Crippen molar-refractivity contribution < 1.29 is 9.53 Å². The first kappa shape index (κ1) is 13.6. The zero-order valence-electron chi connectivity index (χ0n) is 10.3. The molecule has 1 fully saturated rings. The van der Waals surface area contributed by atoms with Gasteiger partial charge in [-0.3, -0.25) is 4.79 Å². The molecular formula is C13H17NO2S2. The highest BCUT2D eigenvalue weighted by atomic mass is 32.2. The number of methoxy groups -OCH3 is 1. The van der Waals surface area contributed by atoms with Crippen molar-refractivity contribution >= 4 is 29.4 Å². The molecule has 18 heavy (non-hydrogen) atoms. The van der Waals surface area contributed by atoms with E-state index in [9.17, 15) is 4.79 Å². The molecule has 1 aliphatic rings. The monoisotopic (exact) mass is 283 g/mol. The summed E-state index contributed by atoms with van der Waals surface area (Å²) in [5.74, 6) is 4.16. The second-order valence-corrected chi connectivity index (χ2v) is 6.46. The lowest BCUT2D eigenvalue weighted by molar-refractivity contribution is -0.120. The fourth-order valence-corrected chi connectivity index (χ4v) is 4.27. The fraction of sp³-hybridized carbons (Fsp3) is 0.462. The van der Waals surface area contributed by atoms with Crippen molar-refractivity contribution in [2.45, 2.75) is 11.8 Å². The summed E-state index contributed by atoms with van der Waals surface area (Å²) >= 11 is 3.62. The van der Waals surface area contributed by atoms with Crippen LogP contribution in [0.4, 0.5) is 0 Å². The molecular weight excluding hydrogens is 266 g/mol. The molecule has 3 nitrogen and oxygen atoms in total. The molecule has 0 radical (unpaired) electrons. The van der Waals surface area contributed by atoms with Crippen molar-refractivity contribution in [3.05, 3.63) is 29.8 Å². The van der Waals surface area contributed by atoms with E-state index in [4.69, 9.17) is 4.74 Å². The molecule has 1 atom stereocenters. The molecule has 1 amide bonds. The number of thioether (sulfide) groups is 2. The Morgan fingerprint density at radius 3 is 2.78 bits per heavy atom. The maximum Gasteiger partial charge on any atom is 0.234 e. The van der Waals surface area contributed by atoms with Crippen molar-refractivity contribution in [2.24, 2.45) is 0 Å². The van der Waals surface area contributed by atoms with Crippen molar-refractivity contribution in [3.63, 3.8) is 0 Å². The first-order chi connectivity index (χ1) is 8.79. The quantitative estimate of drug-likeness (QED) is 0.919. The summed E-state index contributed by atoms with van der Waals surface area (Å²) in [6.45, 7) is 0.588. The average Bonchev–Trinajstić information content (AvgIpc) is 2.46. The molecule has 0 aromatic heterocycles. The molecule has 2 rings (SSSR count). The number of nitrogens with one attached hydrogen (secondary N) is 1. The summed E-state index contributed by atoms with van der Waals surface area (Å²) < 4.78 is 5.10. The number of hydrogen-bond acceptors (Lipinski definition) is 4. The molecule has 1 N–H and O–H groups in total. The lowest BCUT2D eigenvalue weighted by Gasteiger charge is -2.20. The van der Waals surface area contributed by atoms with Gasteiger partial charge in [0.25, 0.3) is 0 Å². The first-order valence-corrected chi connectivity index (χ1v) is 8.10. The Labute approximate surface area is 116 Å². The number of carbonyl (C=O) groups is 1. The Balaban J connectivity index is 1.80. The predicted octanol–water partition coefficient (Wildman–Crippen LogP) is 2.16. The highest BCUT2D eigenvalue weighted by Gasteiger charge is 2.21. The molecule has 1 heterocycles. The molecule has 1 aromatic rings. The van der Waals surface area contributed by atoms with Crippen LogP contribution < -0.4 is 10.1 Å². The van der Waals surface area contributed by atoms with Gasteiger partial charge in [-0.1, -0.05) is 12.1 Å². The van der Waals surface area contributed by atoms with E-state index < -0.39 is 0 Å². The standard InChI is InChI=1S/C13H17NO2S2/c1-16-11-4-2-10(3-5-11)8-14-13(15)12-9-17-6-7-18-12/h2-5,12H,6-9H2,1H3,(H,14,15)/t12-/m1/s1. The van der Waals surface area contributed by atoms with Gasteiger partial charge in [0.05, 0.1) is 12.4 Å². The van der Waals surface area contributed by atoms with E-state index in [0.29, 0.717) is 6.54 Å². The van der Waals surface area contributed by atoms with Gasteiger partial charge in [-0.2, -0.15) is 11.8 Å². The summed E-state index contributed by atoms with van der Waals surface area (Å²) in [5, 5.41) is 3.11. The third kappa shape index (κ3) is 3.85. The van der Waals surface area contributed by atoms with E-state index in [-0.39, 0.29) is 11.2 Å². The summed E-state index contributed by atoms with van der Waals surface area (Å²) in [6, 6.07) is 7.77. The summed E-state index contributed by atoms with van der Waals surface area (Å²) in [5.41, 5.74) is 1.10. The summed E-state index contributed by atoms with van der Waals surface area (Å²) in [7, 11) is 1.65. The highest BCUT2D eigenvalue weighted by molar-refractivity contribution is 8.07. The van der Waals surface area contributed by atoms with Crippen LogP contribution in [0, 0.1) is 0 Å². The van der Waals surface area contributed by atoms with Gasteiger partial charge in [0.2, 0.25) is 5.91 Å². The van der Waals surface area contributed by atoms with Gasteiger partial charge in [-0.15, -0.1) is 11.8 Å². The van der Waals surface area contributed by atoms with E-state index in [1.165, 1.54) is 0 Å². The molecule has 1 saturated heterocycles. The van der Waals surface area contributed by atoms with Crippen molar-refractivity contribution in [3.8, 4) is 5.75 Å². The molecule has 0 unspecified atom stereocenters. The van der Waals surface area contributed by atoms with Gasteiger partial charge in [0.1, 0.15) is 5.75 Å². The Bertz CT molecular complexity index is 388. The molecule has 0 saturated carbocycles. The molecule has 1 aromatic carbocycles. The zero-order valence-corrected chi connectivity index (χ0v) is 12.0. The van der Waals surface area contributed by atoms with Crippen LogP contribution in [-0.4, -0.2) is 35.5 Å². The number of ether oxygens (including phenoxy) is 1. The minimum absolute atomic E-state index is 0.113. The van der Waals surface area contributed by atoms with Gasteiger partial charge in [0.15, 0.2) is 0 Å². The number of hydrogen-bond donors (Lipinski definition) is 1. The summed E-state index contributed by atoms with van der Waals surface area (Å²) in [4.78, 5) is 11.9. The Morgan fingerprint density at radius 1 is 1.39 bits per heavy atom. The third-order valence-electron chi connectivity index (χ3n) is 2.73. The highest BCUT2D eigenvalue weighted by Crippen LogP contribution is 2.24. The van der Waals surface area contributed by atoms with Gasteiger partial charge >= 0.3 is 0 Å². The normalized spacial score (nSPS) is 19.3. The van der Waals surface area contributed by atoms with E-state index in [2.05, 4.69) is 5.32 Å². The average molecular weight is 283 g/mol. The Morgan fingerprint density at radius 2 is 2.17 bits per heavy atom. The lowest BCUT2D eigenvalue weighted by atomic mass is 10.2. The van der Waals surface area contributed by atoms with Crippen LogP contribution in [0.25, 0.3) is 0 Å². The van der Waals surface area contributed by atoms with Crippen molar-refractivity contribution in [1.82, 2.24) is 5.32 Å². The van der Waals surface area contributed by atoms with E-state index >= 15 is 0 Å². The number of amides is 1. The topological polar surface area (TPSA) is 38.3 Å². The maximum absolute atomic E-state index is 11.9. The van der Waals surface area contributed by atoms with E-state index in [0.717, 1.165) is 28.6 Å². The predicted molar refractivity (Wildman–Crippen MR) is 78.4 cm³/mol. The van der Waals surface area contributed by atoms with Crippen LogP contribution in [0.5, 0.6) is 5.75 Å². The molecule has 1 aliphatic heterocycles. The Hall–Kier alpha value is -0.810.